The normalized spacial score (nSPS) is 11.4. The molecule has 0 aliphatic heterocycles. The molecule has 0 fully saturated rings. The topological polar surface area (TPSA) is 64.1 Å². The summed E-state index contributed by atoms with van der Waals surface area (Å²) in [5.74, 6) is -0.374. The monoisotopic (exact) mass is 311 g/mol. The molecule has 1 N–H and O–H groups in total. The number of thiazole rings is 2. The van der Waals surface area contributed by atoms with Gasteiger partial charge in [-0.3, -0.25) is 0 Å². The lowest BCUT2D eigenvalue weighted by atomic mass is 10.1. The van der Waals surface area contributed by atoms with Gasteiger partial charge in [-0.2, -0.15) is 0 Å². The van der Waals surface area contributed by atoms with Crippen LogP contribution in [0.2, 0.25) is 0 Å². The number of ether oxygens (including phenoxy) is 1. The molecule has 0 amide bonds. The van der Waals surface area contributed by atoms with Crippen molar-refractivity contribution >= 4 is 33.8 Å². The van der Waals surface area contributed by atoms with E-state index < -0.39 is 0 Å². The number of nitrogens with one attached hydrogen (secondary N) is 1. The van der Waals surface area contributed by atoms with E-state index in [1.807, 2.05) is 26.2 Å². The van der Waals surface area contributed by atoms with Crippen molar-refractivity contribution < 1.29 is 9.53 Å². The second kappa shape index (κ2) is 5.88. The Kier molecular flexibility index (Phi) is 4.39. The fourth-order valence-electron chi connectivity index (χ4n) is 1.69. The number of carbonyl (C=O) groups is 1. The second-order valence-corrected chi connectivity index (χ2v) is 6.83. The number of aromatic nitrogens is 2. The van der Waals surface area contributed by atoms with Gasteiger partial charge in [0.15, 0.2) is 10.8 Å². The number of aryl methyl sites for hydroxylation is 1. The van der Waals surface area contributed by atoms with Gasteiger partial charge < -0.3 is 10.1 Å². The van der Waals surface area contributed by atoms with Crippen LogP contribution in [-0.4, -0.2) is 22.5 Å². The third kappa shape index (κ3) is 3.16. The van der Waals surface area contributed by atoms with Crippen LogP contribution in [0.1, 0.15) is 41.1 Å². The molecule has 2 aromatic rings. The summed E-state index contributed by atoms with van der Waals surface area (Å²) in [5.41, 5.74) is 0.0546. The van der Waals surface area contributed by atoms with E-state index in [4.69, 9.17) is 4.74 Å². The van der Waals surface area contributed by atoms with Crippen LogP contribution in [0.5, 0.6) is 0 Å². The highest BCUT2D eigenvalue weighted by Gasteiger charge is 2.26. The molecule has 0 aromatic carbocycles. The molecule has 0 aliphatic carbocycles. The standard InChI is InChI=1S/C13H17N3O2S2/c1-5-18-10(17)9-8(2)20-12(15-9)16-13(3,4)11-14-6-7-19-11/h6-7H,5H2,1-4H3,(H,15,16). The Balaban J connectivity index is 2.19. The number of anilines is 1. The van der Waals surface area contributed by atoms with Crippen LogP contribution in [0.4, 0.5) is 5.13 Å². The molecule has 0 saturated carbocycles. The smallest absolute Gasteiger partial charge is 0.358 e. The molecule has 2 heterocycles. The Labute approximate surface area is 126 Å². The Hall–Kier alpha value is -1.47. The number of carbonyl (C=O) groups excluding carboxylic acids is 1. The molecule has 7 heteroatoms. The third-order valence-electron chi connectivity index (χ3n) is 2.65. The number of hydrogen-bond acceptors (Lipinski definition) is 7. The van der Waals surface area contributed by atoms with Gasteiger partial charge in [-0.05, 0) is 27.7 Å². The number of esters is 1. The van der Waals surface area contributed by atoms with Crippen LogP contribution in [0, 0.1) is 6.92 Å². The molecule has 20 heavy (non-hydrogen) atoms. The minimum Gasteiger partial charge on any atom is -0.461 e. The second-order valence-electron chi connectivity index (χ2n) is 4.73. The summed E-state index contributed by atoms with van der Waals surface area (Å²) < 4.78 is 4.99. The minimum absolute atomic E-state index is 0.329. The summed E-state index contributed by atoms with van der Waals surface area (Å²) in [7, 11) is 0. The lowest BCUT2D eigenvalue weighted by molar-refractivity contribution is 0.0519. The summed E-state index contributed by atoms with van der Waals surface area (Å²) in [5, 5.41) is 6.94. The van der Waals surface area contributed by atoms with Crippen LogP contribution < -0.4 is 5.32 Å². The van der Waals surface area contributed by atoms with E-state index in [1.54, 1.807) is 24.5 Å². The third-order valence-corrected chi connectivity index (χ3v) is 4.63. The van der Waals surface area contributed by atoms with E-state index in [2.05, 4.69) is 15.3 Å². The van der Waals surface area contributed by atoms with Gasteiger partial charge in [0.1, 0.15) is 5.01 Å². The van der Waals surface area contributed by atoms with Gasteiger partial charge in [-0.1, -0.05) is 0 Å². The zero-order valence-corrected chi connectivity index (χ0v) is 13.5. The SMILES string of the molecule is CCOC(=O)c1nc(NC(C)(C)c2nccs2)sc1C. The highest BCUT2D eigenvalue weighted by molar-refractivity contribution is 7.15. The fourth-order valence-corrected chi connectivity index (χ4v) is 3.37. The molecule has 0 spiro atoms. The zero-order valence-electron chi connectivity index (χ0n) is 11.9. The number of hydrogen-bond donors (Lipinski definition) is 1. The van der Waals surface area contributed by atoms with Crippen molar-refractivity contribution in [1.82, 2.24) is 9.97 Å². The summed E-state index contributed by atoms with van der Waals surface area (Å²) >= 11 is 3.03. The Morgan fingerprint density at radius 1 is 1.50 bits per heavy atom. The maximum absolute atomic E-state index is 11.8. The molecule has 0 atom stereocenters. The van der Waals surface area contributed by atoms with Crippen molar-refractivity contribution in [2.75, 3.05) is 11.9 Å². The van der Waals surface area contributed by atoms with Crippen molar-refractivity contribution in [2.45, 2.75) is 33.2 Å². The van der Waals surface area contributed by atoms with Crippen LogP contribution in [0.25, 0.3) is 0 Å². The average molecular weight is 311 g/mol. The van der Waals surface area contributed by atoms with Gasteiger partial charge in [0, 0.05) is 16.5 Å². The van der Waals surface area contributed by atoms with Gasteiger partial charge >= 0.3 is 5.97 Å². The summed E-state index contributed by atoms with van der Waals surface area (Å²) in [4.78, 5) is 21.3. The van der Waals surface area contributed by atoms with E-state index in [0.717, 1.165) is 9.88 Å². The van der Waals surface area contributed by atoms with E-state index in [9.17, 15) is 4.79 Å². The maximum atomic E-state index is 11.8. The Morgan fingerprint density at radius 3 is 2.85 bits per heavy atom. The number of rotatable bonds is 5. The van der Waals surface area contributed by atoms with Crippen molar-refractivity contribution in [1.29, 1.82) is 0 Å². The quantitative estimate of drug-likeness (QED) is 0.857. The first-order valence-electron chi connectivity index (χ1n) is 6.26. The van der Waals surface area contributed by atoms with E-state index in [1.165, 1.54) is 11.3 Å². The first-order chi connectivity index (χ1) is 9.44. The molecule has 108 valence electrons. The van der Waals surface area contributed by atoms with Gasteiger partial charge in [0.2, 0.25) is 0 Å². The number of nitrogens with zero attached hydrogens (tertiary/aromatic N) is 2. The lowest BCUT2D eigenvalue weighted by Crippen LogP contribution is -2.27. The van der Waals surface area contributed by atoms with E-state index in [-0.39, 0.29) is 11.5 Å². The molecule has 5 nitrogen and oxygen atoms in total. The van der Waals surface area contributed by atoms with Gasteiger partial charge in [-0.15, -0.1) is 22.7 Å². The summed E-state index contributed by atoms with van der Waals surface area (Å²) in [6, 6.07) is 0. The van der Waals surface area contributed by atoms with Crippen molar-refractivity contribution in [3.8, 4) is 0 Å². The molecular formula is C13H17N3O2S2. The highest BCUT2D eigenvalue weighted by atomic mass is 32.1. The van der Waals surface area contributed by atoms with Gasteiger partial charge in [0.05, 0.1) is 12.1 Å². The summed E-state index contributed by atoms with van der Waals surface area (Å²) in [6.07, 6.45) is 1.78. The first-order valence-corrected chi connectivity index (χ1v) is 7.96. The molecule has 0 unspecified atom stereocenters. The highest BCUT2D eigenvalue weighted by Crippen LogP contribution is 2.30. The molecule has 0 radical (unpaired) electrons. The van der Waals surface area contributed by atoms with E-state index in [0.29, 0.717) is 17.4 Å². The predicted molar refractivity (Wildman–Crippen MR) is 81.6 cm³/mol. The minimum atomic E-state index is -0.374. The molecule has 2 aromatic heterocycles. The van der Waals surface area contributed by atoms with Crippen LogP contribution in [0.3, 0.4) is 0 Å². The Bertz CT molecular complexity index is 591. The van der Waals surface area contributed by atoms with Gasteiger partial charge in [0.25, 0.3) is 0 Å². The van der Waals surface area contributed by atoms with Crippen LogP contribution in [-0.2, 0) is 10.3 Å². The molecule has 0 bridgehead atoms. The van der Waals surface area contributed by atoms with Crippen molar-refractivity contribution in [3.63, 3.8) is 0 Å². The Morgan fingerprint density at radius 2 is 2.25 bits per heavy atom. The van der Waals surface area contributed by atoms with Crippen molar-refractivity contribution in [3.05, 3.63) is 27.2 Å². The van der Waals surface area contributed by atoms with Crippen LogP contribution >= 0.6 is 22.7 Å². The molecule has 0 aliphatic rings. The molecule has 2 rings (SSSR count). The average Bonchev–Trinajstić information content (AvgIpc) is 2.98. The van der Waals surface area contributed by atoms with Crippen LogP contribution in [0.15, 0.2) is 11.6 Å². The zero-order chi connectivity index (χ0) is 14.8. The molecular weight excluding hydrogens is 294 g/mol. The van der Waals surface area contributed by atoms with Crippen molar-refractivity contribution in [2.24, 2.45) is 0 Å². The largest absolute Gasteiger partial charge is 0.461 e. The van der Waals surface area contributed by atoms with Gasteiger partial charge in [-0.25, -0.2) is 14.8 Å². The summed E-state index contributed by atoms with van der Waals surface area (Å²) in [6.45, 7) is 8.07. The maximum Gasteiger partial charge on any atom is 0.358 e. The molecule has 0 saturated heterocycles. The lowest BCUT2D eigenvalue weighted by Gasteiger charge is -2.23. The fraction of sp³-hybridized carbons (Fsp3) is 0.462. The predicted octanol–water partition coefficient (Wildman–Crippen LogP) is 3.43. The first kappa shape index (κ1) is 14.9. The van der Waals surface area contributed by atoms with E-state index >= 15 is 0 Å².